The third-order valence-electron chi connectivity index (χ3n) is 5.82. The van der Waals surface area contributed by atoms with Crippen LogP contribution in [0.25, 0.3) is 10.8 Å². The molecule has 0 aromatic heterocycles. The molecule has 0 bridgehead atoms. The fourth-order valence-corrected chi connectivity index (χ4v) is 5.83. The van der Waals surface area contributed by atoms with Gasteiger partial charge in [-0.15, -0.1) is 0 Å². The van der Waals surface area contributed by atoms with Gasteiger partial charge >= 0.3 is 0 Å². The second-order valence-electron chi connectivity index (χ2n) is 8.20. The smallest absolute Gasteiger partial charge is 0.224 e. The minimum Gasteiger partial charge on any atom is -0.491 e. The molecule has 1 saturated heterocycles. The second kappa shape index (κ2) is 10.5. The average Bonchev–Trinajstić information content (AvgIpc) is 2.83. The molecule has 0 spiro atoms. The van der Waals surface area contributed by atoms with Gasteiger partial charge in [-0.05, 0) is 42.0 Å². The Kier molecular flexibility index (Phi) is 7.53. The highest BCUT2D eigenvalue weighted by Crippen LogP contribution is 2.25. The summed E-state index contributed by atoms with van der Waals surface area (Å²) in [7, 11) is -3.51. The maximum Gasteiger partial charge on any atom is 0.224 e. The number of hydrogen-bond donors (Lipinski definition) is 1. The van der Waals surface area contributed by atoms with E-state index in [1.807, 2.05) is 42.5 Å². The van der Waals surface area contributed by atoms with Crippen molar-refractivity contribution in [1.29, 1.82) is 0 Å². The van der Waals surface area contributed by atoms with E-state index in [0.29, 0.717) is 43.1 Å². The number of carbonyl (C=O) groups excluding carboxylic acids is 1. The van der Waals surface area contributed by atoms with Crippen LogP contribution in [0.1, 0.15) is 18.4 Å². The standard InChI is InChI=1S/C25H27ClN2O4S/c26-22-12-10-19(11-13-22)18-33(30,31)28-15-4-7-21(17-28)25(29)27-14-16-32-24-9-3-6-20-5-1-2-8-23(20)24/h1-3,5-6,8-13,21H,4,7,14-18H2,(H,27,29)/t21-/m0/s1. The van der Waals surface area contributed by atoms with Crippen LogP contribution in [-0.4, -0.2) is 44.9 Å². The van der Waals surface area contributed by atoms with Crippen LogP contribution in [0.3, 0.4) is 0 Å². The molecular formula is C25H27ClN2O4S. The molecule has 3 aromatic carbocycles. The Balaban J connectivity index is 1.28. The van der Waals surface area contributed by atoms with Crippen LogP contribution in [0.15, 0.2) is 66.7 Å². The first-order valence-corrected chi connectivity index (χ1v) is 13.0. The minimum atomic E-state index is -3.51. The lowest BCUT2D eigenvalue weighted by molar-refractivity contribution is -0.126. The highest BCUT2D eigenvalue weighted by molar-refractivity contribution is 7.88. The Morgan fingerprint density at radius 3 is 2.64 bits per heavy atom. The van der Waals surface area contributed by atoms with Crippen molar-refractivity contribution in [3.8, 4) is 5.75 Å². The van der Waals surface area contributed by atoms with Crippen LogP contribution < -0.4 is 10.1 Å². The van der Waals surface area contributed by atoms with Crippen LogP contribution in [0.2, 0.25) is 5.02 Å². The fourth-order valence-electron chi connectivity index (χ4n) is 4.09. The van der Waals surface area contributed by atoms with Gasteiger partial charge in [0, 0.05) is 23.5 Å². The molecule has 174 valence electrons. The van der Waals surface area contributed by atoms with E-state index in [1.165, 1.54) is 4.31 Å². The quantitative estimate of drug-likeness (QED) is 0.483. The summed E-state index contributed by atoms with van der Waals surface area (Å²) in [4.78, 5) is 12.7. The predicted molar refractivity (Wildman–Crippen MR) is 131 cm³/mol. The van der Waals surface area contributed by atoms with Gasteiger partial charge in [0.15, 0.2) is 0 Å². The Morgan fingerprint density at radius 2 is 1.82 bits per heavy atom. The molecule has 1 amide bonds. The molecule has 3 aromatic rings. The molecule has 1 N–H and O–H groups in total. The van der Waals surface area contributed by atoms with E-state index in [9.17, 15) is 13.2 Å². The molecule has 1 aliphatic rings. The number of nitrogens with zero attached hydrogens (tertiary/aromatic N) is 1. The van der Waals surface area contributed by atoms with Gasteiger partial charge in [0.05, 0.1) is 18.2 Å². The number of amides is 1. The second-order valence-corrected chi connectivity index (χ2v) is 10.6. The van der Waals surface area contributed by atoms with Gasteiger partial charge in [-0.2, -0.15) is 0 Å². The Bertz CT molecular complexity index is 1210. The number of hydrogen-bond acceptors (Lipinski definition) is 4. The summed E-state index contributed by atoms with van der Waals surface area (Å²) in [5.74, 6) is 0.177. The summed E-state index contributed by atoms with van der Waals surface area (Å²) in [5.41, 5.74) is 0.677. The van der Waals surface area contributed by atoms with E-state index in [1.54, 1.807) is 24.3 Å². The first-order valence-electron chi connectivity index (χ1n) is 11.0. The van der Waals surface area contributed by atoms with Gasteiger partial charge in [-0.1, -0.05) is 60.1 Å². The lowest BCUT2D eigenvalue weighted by Crippen LogP contribution is -2.46. The van der Waals surface area contributed by atoms with Crippen LogP contribution in [0.4, 0.5) is 0 Å². The summed E-state index contributed by atoms with van der Waals surface area (Å²) in [6.07, 6.45) is 1.33. The number of fused-ring (bicyclic) bond motifs is 1. The fraction of sp³-hybridized carbons (Fsp3) is 0.320. The van der Waals surface area contributed by atoms with E-state index in [2.05, 4.69) is 5.32 Å². The monoisotopic (exact) mass is 486 g/mol. The largest absolute Gasteiger partial charge is 0.491 e. The minimum absolute atomic E-state index is 0.0998. The normalized spacial score (nSPS) is 17.1. The lowest BCUT2D eigenvalue weighted by Gasteiger charge is -2.31. The van der Waals surface area contributed by atoms with E-state index in [0.717, 1.165) is 16.5 Å². The lowest BCUT2D eigenvalue weighted by atomic mass is 9.99. The molecule has 6 nitrogen and oxygen atoms in total. The molecule has 33 heavy (non-hydrogen) atoms. The first-order chi connectivity index (χ1) is 15.9. The number of rotatable bonds is 8. The van der Waals surface area contributed by atoms with Crippen LogP contribution in [0, 0.1) is 5.92 Å². The SMILES string of the molecule is O=C(NCCOc1cccc2ccccc12)[C@H]1CCCN(S(=O)(=O)Cc2ccc(Cl)cc2)C1. The summed E-state index contributed by atoms with van der Waals surface area (Å²) >= 11 is 5.88. The van der Waals surface area contributed by atoms with Crippen LogP contribution >= 0.6 is 11.6 Å². The third kappa shape index (κ3) is 6.05. The molecule has 0 aliphatic carbocycles. The summed E-state index contributed by atoms with van der Waals surface area (Å²) in [6.45, 7) is 1.33. The number of ether oxygens (including phenoxy) is 1. The zero-order valence-electron chi connectivity index (χ0n) is 18.2. The Morgan fingerprint density at radius 1 is 1.06 bits per heavy atom. The van der Waals surface area contributed by atoms with Crippen molar-refractivity contribution >= 4 is 38.3 Å². The number of halogens is 1. The number of sulfonamides is 1. The van der Waals surface area contributed by atoms with Gasteiger partial charge in [0.2, 0.25) is 15.9 Å². The maximum absolute atomic E-state index is 12.9. The van der Waals surface area contributed by atoms with Gasteiger partial charge in [0.1, 0.15) is 12.4 Å². The number of nitrogens with one attached hydrogen (secondary N) is 1. The Labute approximate surface area is 199 Å². The van der Waals surface area contributed by atoms with Crippen molar-refractivity contribution in [2.24, 2.45) is 5.92 Å². The van der Waals surface area contributed by atoms with Crippen molar-refractivity contribution in [3.63, 3.8) is 0 Å². The van der Waals surface area contributed by atoms with Crippen LogP contribution in [-0.2, 0) is 20.6 Å². The maximum atomic E-state index is 12.9. The highest BCUT2D eigenvalue weighted by Gasteiger charge is 2.32. The summed E-state index contributed by atoms with van der Waals surface area (Å²) in [6, 6.07) is 20.6. The highest BCUT2D eigenvalue weighted by atomic mass is 35.5. The van der Waals surface area contributed by atoms with Gasteiger partial charge < -0.3 is 10.1 Å². The van der Waals surface area contributed by atoms with E-state index in [4.69, 9.17) is 16.3 Å². The molecular weight excluding hydrogens is 460 g/mol. The third-order valence-corrected chi connectivity index (χ3v) is 7.89. The molecule has 0 saturated carbocycles. The number of benzene rings is 3. The molecule has 0 unspecified atom stereocenters. The molecule has 1 aliphatic heterocycles. The van der Waals surface area contributed by atoms with Crippen molar-refractivity contribution in [2.45, 2.75) is 18.6 Å². The van der Waals surface area contributed by atoms with Gasteiger partial charge in [-0.25, -0.2) is 12.7 Å². The van der Waals surface area contributed by atoms with Crippen molar-refractivity contribution in [3.05, 3.63) is 77.3 Å². The van der Waals surface area contributed by atoms with Crippen molar-refractivity contribution in [2.75, 3.05) is 26.2 Å². The molecule has 0 radical (unpaired) electrons. The molecule has 1 heterocycles. The molecule has 4 rings (SSSR count). The summed E-state index contributed by atoms with van der Waals surface area (Å²) < 4.78 is 33.1. The molecule has 1 atom stereocenters. The topological polar surface area (TPSA) is 75.7 Å². The summed E-state index contributed by atoms with van der Waals surface area (Å²) in [5, 5.41) is 5.59. The zero-order chi connectivity index (χ0) is 23.3. The van der Waals surface area contributed by atoms with E-state index in [-0.39, 0.29) is 24.1 Å². The molecule has 1 fully saturated rings. The van der Waals surface area contributed by atoms with Crippen molar-refractivity contribution in [1.82, 2.24) is 9.62 Å². The zero-order valence-corrected chi connectivity index (χ0v) is 19.8. The molecule has 8 heteroatoms. The average molecular weight is 487 g/mol. The van der Waals surface area contributed by atoms with E-state index >= 15 is 0 Å². The predicted octanol–water partition coefficient (Wildman–Crippen LogP) is 4.23. The van der Waals surface area contributed by atoms with Gasteiger partial charge in [0.25, 0.3) is 0 Å². The first kappa shape index (κ1) is 23.5. The Hall–Kier alpha value is -2.61. The van der Waals surface area contributed by atoms with Crippen molar-refractivity contribution < 1.29 is 17.9 Å². The number of piperidine rings is 1. The van der Waals surface area contributed by atoms with E-state index < -0.39 is 10.0 Å². The number of carbonyl (C=O) groups is 1. The van der Waals surface area contributed by atoms with Crippen LogP contribution in [0.5, 0.6) is 5.75 Å². The van der Waals surface area contributed by atoms with Gasteiger partial charge in [-0.3, -0.25) is 4.79 Å².